The molecular weight excluding hydrogens is 160 g/mol. The average molecular weight is 176 g/mol. The molecule has 2 rings (SSSR count). The first-order valence-electron chi connectivity index (χ1n) is 4.85. The van der Waals surface area contributed by atoms with E-state index in [0.717, 1.165) is 5.57 Å². The summed E-state index contributed by atoms with van der Waals surface area (Å²) in [7, 11) is 0. The van der Waals surface area contributed by atoms with Crippen LogP contribution in [0.5, 0.6) is 0 Å². The van der Waals surface area contributed by atoms with Crippen LogP contribution in [0.3, 0.4) is 0 Å². The average Bonchev–Trinajstić information content (AvgIpc) is 2.42. The van der Waals surface area contributed by atoms with E-state index in [9.17, 15) is 4.79 Å². The lowest BCUT2D eigenvalue weighted by atomic mass is 9.76. The fourth-order valence-corrected chi connectivity index (χ4v) is 2.58. The van der Waals surface area contributed by atoms with Gasteiger partial charge in [0, 0.05) is 12.3 Å². The first-order chi connectivity index (χ1) is 5.94. The van der Waals surface area contributed by atoms with Gasteiger partial charge in [-0.25, -0.2) is 0 Å². The summed E-state index contributed by atoms with van der Waals surface area (Å²) in [5.74, 6) is 1.09. The summed E-state index contributed by atoms with van der Waals surface area (Å²) in [5, 5.41) is 0. The second-order valence-corrected chi connectivity index (χ2v) is 4.86. The summed E-state index contributed by atoms with van der Waals surface area (Å²) in [5.41, 5.74) is 2.44. The Morgan fingerprint density at radius 1 is 1.54 bits per heavy atom. The fourth-order valence-electron chi connectivity index (χ4n) is 2.58. The number of carbonyl (C=O) groups is 1. The van der Waals surface area contributed by atoms with Crippen LogP contribution < -0.4 is 0 Å². The van der Waals surface area contributed by atoms with Crippen molar-refractivity contribution in [3.63, 3.8) is 0 Å². The van der Waals surface area contributed by atoms with Gasteiger partial charge in [-0.2, -0.15) is 0 Å². The number of rotatable bonds is 0. The number of Topliss-reactive ketones (excluding diaryl/α,β-unsaturated/α-hetero) is 1. The standard InChI is InChI=1S/C12H16O/c1-7-5-9-8(2)11(13)6-10(9)12(7,3)4/h5,9-10H,2,6H2,1,3-4H3. The van der Waals surface area contributed by atoms with E-state index in [-0.39, 0.29) is 11.2 Å². The molecule has 2 aliphatic carbocycles. The molecule has 1 saturated carbocycles. The Hall–Kier alpha value is -0.850. The maximum Gasteiger partial charge on any atom is 0.159 e. The molecule has 0 radical (unpaired) electrons. The summed E-state index contributed by atoms with van der Waals surface area (Å²) in [6.45, 7) is 10.5. The van der Waals surface area contributed by atoms with Gasteiger partial charge in [-0.05, 0) is 23.8 Å². The number of ketones is 1. The van der Waals surface area contributed by atoms with Crippen molar-refractivity contribution < 1.29 is 4.79 Å². The highest BCUT2D eigenvalue weighted by Gasteiger charge is 2.48. The second kappa shape index (κ2) is 2.34. The van der Waals surface area contributed by atoms with Gasteiger partial charge < -0.3 is 0 Å². The molecule has 13 heavy (non-hydrogen) atoms. The lowest BCUT2D eigenvalue weighted by Gasteiger charge is -2.28. The first kappa shape index (κ1) is 8.74. The summed E-state index contributed by atoms with van der Waals surface area (Å²) >= 11 is 0. The molecule has 2 aliphatic rings. The van der Waals surface area contributed by atoms with Gasteiger partial charge in [-0.15, -0.1) is 0 Å². The Morgan fingerprint density at radius 2 is 2.15 bits per heavy atom. The fraction of sp³-hybridized carbons (Fsp3) is 0.583. The minimum Gasteiger partial charge on any atom is -0.295 e. The van der Waals surface area contributed by atoms with E-state index in [2.05, 4.69) is 33.4 Å². The largest absolute Gasteiger partial charge is 0.295 e. The highest BCUT2D eigenvalue weighted by molar-refractivity contribution is 5.98. The smallest absolute Gasteiger partial charge is 0.159 e. The van der Waals surface area contributed by atoms with Crippen molar-refractivity contribution >= 4 is 5.78 Å². The molecule has 1 nitrogen and oxygen atoms in total. The van der Waals surface area contributed by atoms with Crippen molar-refractivity contribution in [3.05, 3.63) is 23.8 Å². The molecule has 0 aromatic heterocycles. The lowest BCUT2D eigenvalue weighted by molar-refractivity contribution is -0.115. The third kappa shape index (κ3) is 0.962. The first-order valence-corrected chi connectivity index (χ1v) is 4.85. The molecule has 0 heterocycles. The van der Waals surface area contributed by atoms with E-state index < -0.39 is 0 Å². The Bertz CT molecular complexity index is 320. The molecule has 0 amide bonds. The Balaban J connectivity index is 2.42. The van der Waals surface area contributed by atoms with Crippen molar-refractivity contribution in [2.24, 2.45) is 17.3 Å². The number of hydrogen-bond donors (Lipinski definition) is 0. The third-order valence-corrected chi connectivity index (χ3v) is 3.97. The van der Waals surface area contributed by atoms with Gasteiger partial charge in [0.15, 0.2) is 5.78 Å². The van der Waals surface area contributed by atoms with Crippen LogP contribution in [0.1, 0.15) is 27.2 Å². The number of fused-ring (bicyclic) bond motifs is 1. The molecule has 0 saturated heterocycles. The predicted octanol–water partition coefficient (Wildman–Crippen LogP) is 2.73. The highest BCUT2D eigenvalue weighted by Crippen LogP contribution is 2.53. The zero-order valence-corrected chi connectivity index (χ0v) is 8.55. The van der Waals surface area contributed by atoms with E-state index >= 15 is 0 Å². The summed E-state index contributed by atoms with van der Waals surface area (Å²) < 4.78 is 0. The lowest BCUT2D eigenvalue weighted by Crippen LogP contribution is -2.21. The van der Waals surface area contributed by atoms with Crippen molar-refractivity contribution in [1.82, 2.24) is 0 Å². The molecule has 0 N–H and O–H groups in total. The molecule has 0 aromatic rings. The van der Waals surface area contributed by atoms with Crippen LogP contribution >= 0.6 is 0 Å². The zero-order valence-electron chi connectivity index (χ0n) is 8.55. The van der Waals surface area contributed by atoms with E-state index in [0.29, 0.717) is 18.3 Å². The quantitative estimate of drug-likeness (QED) is 0.409. The van der Waals surface area contributed by atoms with Crippen molar-refractivity contribution in [1.29, 1.82) is 0 Å². The van der Waals surface area contributed by atoms with Crippen LogP contribution in [0.15, 0.2) is 23.8 Å². The van der Waals surface area contributed by atoms with Crippen molar-refractivity contribution in [2.75, 3.05) is 0 Å². The molecule has 2 atom stereocenters. The van der Waals surface area contributed by atoms with Crippen LogP contribution in [0, 0.1) is 17.3 Å². The maximum atomic E-state index is 11.5. The van der Waals surface area contributed by atoms with Gasteiger partial charge in [0.05, 0.1) is 0 Å². The van der Waals surface area contributed by atoms with Gasteiger partial charge >= 0.3 is 0 Å². The van der Waals surface area contributed by atoms with E-state index in [4.69, 9.17) is 0 Å². The van der Waals surface area contributed by atoms with Crippen LogP contribution in [0.2, 0.25) is 0 Å². The number of carbonyl (C=O) groups excluding carboxylic acids is 1. The molecule has 0 aromatic carbocycles. The van der Waals surface area contributed by atoms with Gasteiger partial charge in [0.25, 0.3) is 0 Å². The second-order valence-electron chi connectivity index (χ2n) is 4.86. The van der Waals surface area contributed by atoms with Crippen LogP contribution in [0.25, 0.3) is 0 Å². The summed E-state index contributed by atoms with van der Waals surface area (Å²) in [6.07, 6.45) is 2.93. The van der Waals surface area contributed by atoms with E-state index in [1.54, 1.807) is 0 Å². The normalized spacial score (nSPS) is 36.4. The Morgan fingerprint density at radius 3 is 2.69 bits per heavy atom. The van der Waals surface area contributed by atoms with E-state index in [1.807, 2.05) is 0 Å². The minimum absolute atomic E-state index is 0.194. The molecule has 0 bridgehead atoms. The number of hydrogen-bond acceptors (Lipinski definition) is 1. The topological polar surface area (TPSA) is 17.1 Å². The van der Waals surface area contributed by atoms with Crippen molar-refractivity contribution in [2.45, 2.75) is 27.2 Å². The monoisotopic (exact) mass is 176 g/mol. The van der Waals surface area contributed by atoms with Crippen LogP contribution in [0.4, 0.5) is 0 Å². The number of allylic oxidation sites excluding steroid dienone is 3. The van der Waals surface area contributed by atoms with Crippen molar-refractivity contribution in [3.8, 4) is 0 Å². The van der Waals surface area contributed by atoms with Crippen LogP contribution in [-0.4, -0.2) is 5.78 Å². The zero-order chi connectivity index (χ0) is 9.80. The molecule has 2 unspecified atom stereocenters. The highest BCUT2D eigenvalue weighted by atomic mass is 16.1. The molecule has 1 fully saturated rings. The molecule has 0 spiro atoms. The Labute approximate surface area is 79.5 Å². The molecular formula is C12H16O. The molecule has 0 aliphatic heterocycles. The summed E-state index contributed by atoms with van der Waals surface area (Å²) in [4.78, 5) is 11.5. The van der Waals surface area contributed by atoms with Gasteiger partial charge in [0.2, 0.25) is 0 Å². The molecule has 1 heteroatoms. The van der Waals surface area contributed by atoms with Gasteiger partial charge in [-0.3, -0.25) is 4.79 Å². The van der Waals surface area contributed by atoms with Gasteiger partial charge in [0.1, 0.15) is 0 Å². The predicted molar refractivity (Wildman–Crippen MR) is 53.3 cm³/mol. The SMILES string of the molecule is C=C1C(=O)CC2C1C=C(C)C2(C)C. The third-order valence-electron chi connectivity index (χ3n) is 3.97. The Kier molecular flexibility index (Phi) is 1.57. The van der Waals surface area contributed by atoms with E-state index in [1.165, 1.54) is 5.57 Å². The minimum atomic E-state index is 0.194. The maximum absolute atomic E-state index is 11.5. The summed E-state index contributed by atoms with van der Waals surface area (Å²) in [6, 6.07) is 0. The van der Waals surface area contributed by atoms with Gasteiger partial charge in [-0.1, -0.05) is 32.1 Å². The van der Waals surface area contributed by atoms with Crippen LogP contribution in [-0.2, 0) is 4.79 Å². The molecule has 70 valence electrons.